The van der Waals surface area contributed by atoms with Crippen molar-refractivity contribution in [3.63, 3.8) is 0 Å². The van der Waals surface area contributed by atoms with Crippen LogP contribution in [0.4, 0.5) is 5.82 Å². The summed E-state index contributed by atoms with van der Waals surface area (Å²) in [6.45, 7) is 12.9. The van der Waals surface area contributed by atoms with Crippen LogP contribution in [0.1, 0.15) is 38.8 Å². The molecule has 0 radical (unpaired) electrons. The molecule has 0 aromatic carbocycles. The van der Waals surface area contributed by atoms with Gasteiger partial charge in [-0.25, -0.2) is 4.98 Å². The van der Waals surface area contributed by atoms with Gasteiger partial charge in [-0.15, -0.1) is 0 Å². The molecule has 1 aromatic rings. The van der Waals surface area contributed by atoms with Gasteiger partial charge in [0.2, 0.25) is 0 Å². The van der Waals surface area contributed by atoms with Crippen molar-refractivity contribution in [2.75, 3.05) is 24.6 Å². The van der Waals surface area contributed by atoms with E-state index in [0.717, 1.165) is 31.0 Å². The van der Waals surface area contributed by atoms with Gasteiger partial charge in [0.05, 0.1) is 5.69 Å². The van der Waals surface area contributed by atoms with Crippen molar-refractivity contribution in [3.8, 4) is 0 Å². The van der Waals surface area contributed by atoms with Crippen LogP contribution >= 0.6 is 0 Å². The molecule has 156 valence electrons. The number of ketones is 1. The van der Waals surface area contributed by atoms with Crippen molar-refractivity contribution in [2.24, 2.45) is 5.92 Å². The molecule has 0 saturated carbocycles. The summed E-state index contributed by atoms with van der Waals surface area (Å²) in [5, 5.41) is 0. The molecule has 28 heavy (non-hydrogen) atoms. The quantitative estimate of drug-likeness (QED) is 0.462. The lowest BCUT2D eigenvalue weighted by Gasteiger charge is -2.31. The third-order valence-electron chi connectivity index (χ3n) is 5.10. The number of allylic oxidation sites excluding steroid dienone is 1. The first-order valence-corrected chi connectivity index (χ1v) is 14.0. The van der Waals surface area contributed by atoms with Gasteiger partial charge >= 0.3 is 0 Å². The lowest BCUT2D eigenvalue weighted by atomic mass is 9.93. The average molecular weight is 406 g/mol. The molecule has 0 unspecified atom stereocenters. The molecule has 2 rings (SSSR count). The Balaban J connectivity index is 2.18. The molecule has 2 heterocycles. The maximum absolute atomic E-state index is 13.0. The maximum Gasteiger partial charge on any atom is 0.295 e. The van der Waals surface area contributed by atoms with Gasteiger partial charge in [-0.05, 0) is 38.3 Å². The van der Waals surface area contributed by atoms with Crippen LogP contribution in [0.15, 0.2) is 17.1 Å². The van der Waals surface area contributed by atoms with E-state index < -0.39 is 8.07 Å². The van der Waals surface area contributed by atoms with Crippen LogP contribution in [-0.2, 0) is 16.3 Å². The molecule has 0 bridgehead atoms. The molecule has 0 atom stereocenters. The highest BCUT2D eigenvalue weighted by Gasteiger charge is 2.25. The third-order valence-corrected chi connectivity index (χ3v) is 6.80. The second-order valence-electron chi connectivity index (χ2n) is 8.79. The highest BCUT2D eigenvalue weighted by Crippen LogP contribution is 2.21. The van der Waals surface area contributed by atoms with Crippen LogP contribution in [0.2, 0.25) is 25.7 Å². The Morgan fingerprint density at radius 3 is 2.57 bits per heavy atom. The van der Waals surface area contributed by atoms with Crippen molar-refractivity contribution in [1.29, 1.82) is 0 Å². The van der Waals surface area contributed by atoms with Gasteiger partial charge in [0.25, 0.3) is 5.56 Å². The van der Waals surface area contributed by atoms with Crippen LogP contribution < -0.4 is 10.5 Å². The molecule has 6 nitrogen and oxygen atoms in total. The van der Waals surface area contributed by atoms with E-state index in [1.165, 1.54) is 0 Å². The predicted octanol–water partition coefficient (Wildman–Crippen LogP) is 3.78. The zero-order valence-electron chi connectivity index (χ0n) is 18.0. The molecule has 0 N–H and O–H groups in total. The normalized spacial score (nSPS) is 16.1. The highest BCUT2D eigenvalue weighted by molar-refractivity contribution is 6.76. The van der Waals surface area contributed by atoms with Gasteiger partial charge in [0, 0.05) is 39.9 Å². The van der Waals surface area contributed by atoms with E-state index in [0.29, 0.717) is 25.5 Å². The number of carbonyl (C=O) groups is 1. The van der Waals surface area contributed by atoms with Gasteiger partial charge in [-0.1, -0.05) is 32.6 Å². The van der Waals surface area contributed by atoms with Crippen LogP contribution in [-0.4, -0.2) is 43.1 Å². The number of hydrogen-bond donors (Lipinski definition) is 0. The predicted molar refractivity (Wildman–Crippen MR) is 118 cm³/mol. The van der Waals surface area contributed by atoms with Crippen LogP contribution in [0, 0.1) is 5.92 Å². The number of Topliss-reactive ketones (excluding diaryl/α,β-unsaturated/α-hetero) is 1. The molecule has 0 amide bonds. The summed E-state index contributed by atoms with van der Waals surface area (Å²) in [7, 11) is -1.16. The van der Waals surface area contributed by atoms with E-state index in [9.17, 15) is 9.59 Å². The fraction of sp³-hybridized carbons (Fsp3) is 0.667. The first kappa shape index (κ1) is 22.6. The van der Waals surface area contributed by atoms with E-state index in [-0.39, 0.29) is 24.0 Å². The van der Waals surface area contributed by atoms with E-state index in [1.807, 2.05) is 17.1 Å². The lowest BCUT2D eigenvalue weighted by molar-refractivity contribution is -0.121. The van der Waals surface area contributed by atoms with Crippen molar-refractivity contribution in [2.45, 2.75) is 65.5 Å². The Hall–Kier alpha value is -1.73. The first-order valence-electron chi connectivity index (χ1n) is 10.3. The molecule has 1 fully saturated rings. The van der Waals surface area contributed by atoms with Crippen molar-refractivity contribution < 1.29 is 9.53 Å². The van der Waals surface area contributed by atoms with E-state index in [4.69, 9.17) is 4.74 Å². The number of carbonyl (C=O) groups excluding carboxylic acids is 1. The Labute approximate surface area is 169 Å². The lowest BCUT2D eigenvalue weighted by Crippen LogP contribution is -2.40. The molecule has 7 heteroatoms. The Bertz CT molecular complexity index is 744. The summed E-state index contributed by atoms with van der Waals surface area (Å²) in [4.78, 5) is 31.2. The topological polar surface area (TPSA) is 64.4 Å². The van der Waals surface area contributed by atoms with Crippen molar-refractivity contribution in [3.05, 3.63) is 28.3 Å². The van der Waals surface area contributed by atoms with E-state index >= 15 is 0 Å². The number of ether oxygens (including phenoxy) is 1. The van der Waals surface area contributed by atoms with Gasteiger partial charge in [0.1, 0.15) is 12.5 Å². The van der Waals surface area contributed by atoms with Crippen LogP contribution in [0.3, 0.4) is 0 Å². The van der Waals surface area contributed by atoms with Gasteiger partial charge in [0.15, 0.2) is 5.82 Å². The smallest absolute Gasteiger partial charge is 0.295 e. The molecule has 1 aliphatic rings. The number of hydrogen-bond acceptors (Lipinski definition) is 5. The molecular weight excluding hydrogens is 370 g/mol. The zero-order chi connectivity index (χ0) is 20.7. The summed E-state index contributed by atoms with van der Waals surface area (Å²) in [6.07, 6.45) is 8.22. The van der Waals surface area contributed by atoms with Gasteiger partial charge in [-0.3, -0.25) is 14.2 Å². The molecule has 0 aliphatic carbocycles. The van der Waals surface area contributed by atoms with Crippen LogP contribution in [0.25, 0.3) is 6.08 Å². The zero-order valence-corrected chi connectivity index (χ0v) is 19.0. The fourth-order valence-corrected chi connectivity index (χ4v) is 3.96. The molecular formula is C21H35N3O3Si. The highest BCUT2D eigenvalue weighted by atomic mass is 28.3. The number of piperidine rings is 1. The summed E-state index contributed by atoms with van der Waals surface area (Å²) < 4.78 is 7.43. The summed E-state index contributed by atoms with van der Waals surface area (Å²) in [5.41, 5.74) is 0.641. The molecule has 0 spiro atoms. The first-order chi connectivity index (χ1) is 13.2. The van der Waals surface area contributed by atoms with Crippen molar-refractivity contribution in [1.82, 2.24) is 9.55 Å². The van der Waals surface area contributed by atoms with Gasteiger partial charge in [-0.2, -0.15) is 0 Å². The fourth-order valence-electron chi connectivity index (χ4n) is 3.21. The second kappa shape index (κ2) is 10.2. The van der Waals surface area contributed by atoms with Gasteiger partial charge < -0.3 is 9.64 Å². The Morgan fingerprint density at radius 2 is 2.00 bits per heavy atom. The average Bonchev–Trinajstić information content (AvgIpc) is 2.64. The van der Waals surface area contributed by atoms with E-state index in [1.54, 1.807) is 17.7 Å². The summed E-state index contributed by atoms with van der Waals surface area (Å²) in [6, 6.07) is 1.07. The number of anilines is 1. The molecule has 1 aliphatic heterocycles. The second-order valence-corrected chi connectivity index (χ2v) is 14.4. The minimum atomic E-state index is -1.16. The summed E-state index contributed by atoms with van der Waals surface area (Å²) >= 11 is 0. The molecule has 1 aromatic heterocycles. The third kappa shape index (κ3) is 6.70. The largest absolute Gasteiger partial charge is 0.361 e. The van der Waals surface area contributed by atoms with Crippen molar-refractivity contribution >= 4 is 25.8 Å². The minimum absolute atomic E-state index is 0.103. The number of aromatic nitrogens is 2. The monoisotopic (exact) mass is 405 g/mol. The van der Waals surface area contributed by atoms with Crippen LogP contribution in [0.5, 0.6) is 0 Å². The minimum Gasteiger partial charge on any atom is -0.361 e. The van der Waals surface area contributed by atoms with E-state index in [2.05, 4.69) is 31.5 Å². The SMILES string of the molecule is CC/C=C/c1cn(COCC[Si](C)(C)C)c(=O)c(N2CCC(C(C)=O)CC2)n1. The summed E-state index contributed by atoms with van der Waals surface area (Å²) in [5.74, 6) is 0.807. The number of rotatable bonds is 9. The maximum atomic E-state index is 13.0. The Kier molecular flexibility index (Phi) is 8.18. The molecule has 1 saturated heterocycles. The Morgan fingerprint density at radius 1 is 1.32 bits per heavy atom. The number of nitrogens with zero attached hydrogens (tertiary/aromatic N) is 3. The standard InChI is InChI=1S/C21H35N3O3Si/c1-6-7-8-19-15-24(16-27-13-14-28(3,4)5)21(26)20(22-19)23-11-9-18(10-12-23)17(2)25/h7-8,15,18H,6,9-14,16H2,1-5H3/b8-7+.